The summed E-state index contributed by atoms with van der Waals surface area (Å²) in [4.78, 5) is 13.7. The van der Waals surface area contributed by atoms with Gasteiger partial charge in [-0.05, 0) is 72.8 Å². The SMILES string of the molecule is CSc1ccc(CNC(=O)c2cc(S(=O)(=O)Nc3ccc(F)cc3)ccc2C)cc1. The molecule has 2 N–H and O–H groups in total. The zero-order chi connectivity index (χ0) is 21.7. The van der Waals surface area contributed by atoms with Gasteiger partial charge in [0, 0.05) is 22.7 Å². The van der Waals surface area contributed by atoms with Crippen molar-refractivity contribution in [1.29, 1.82) is 0 Å². The largest absolute Gasteiger partial charge is 0.348 e. The minimum absolute atomic E-state index is 0.0492. The molecule has 0 spiro atoms. The predicted molar refractivity (Wildman–Crippen MR) is 118 cm³/mol. The monoisotopic (exact) mass is 444 g/mol. The minimum atomic E-state index is -3.93. The van der Waals surface area contributed by atoms with Crippen molar-refractivity contribution >= 4 is 33.4 Å². The first kappa shape index (κ1) is 21.9. The lowest BCUT2D eigenvalue weighted by Gasteiger charge is -2.12. The van der Waals surface area contributed by atoms with Crippen LogP contribution in [0, 0.1) is 12.7 Å². The smallest absolute Gasteiger partial charge is 0.261 e. The molecular weight excluding hydrogens is 423 g/mol. The van der Waals surface area contributed by atoms with Crippen LogP contribution in [0.5, 0.6) is 0 Å². The zero-order valence-electron chi connectivity index (χ0n) is 16.5. The lowest BCUT2D eigenvalue weighted by Crippen LogP contribution is -2.24. The van der Waals surface area contributed by atoms with Crippen LogP contribution in [0.2, 0.25) is 0 Å². The van der Waals surface area contributed by atoms with Crippen LogP contribution in [0.25, 0.3) is 0 Å². The van der Waals surface area contributed by atoms with Gasteiger partial charge in [-0.15, -0.1) is 11.8 Å². The fourth-order valence-corrected chi connectivity index (χ4v) is 4.26. The molecule has 0 aliphatic carbocycles. The number of hydrogen-bond donors (Lipinski definition) is 2. The molecule has 1 amide bonds. The van der Waals surface area contributed by atoms with Crippen LogP contribution < -0.4 is 10.0 Å². The molecule has 156 valence electrons. The van der Waals surface area contributed by atoms with Gasteiger partial charge >= 0.3 is 0 Å². The van der Waals surface area contributed by atoms with Crippen LogP contribution in [0.4, 0.5) is 10.1 Å². The number of sulfonamides is 1. The van der Waals surface area contributed by atoms with Crippen molar-refractivity contribution in [3.63, 3.8) is 0 Å². The maximum Gasteiger partial charge on any atom is 0.261 e. The van der Waals surface area contributed by atoms with Gasteiger partial charge < -0.3 is 5.32 Å². The molecular formula is C22H21FN2O3S2. The van der Waals surface area contributed by atoms with E-state index in [-0.39, 0.29) is 22.1 Å². The molecule has 0 fully saturated rings. The Morgan fingerprint density at radius 2 is 1.67 bits per heavy atom. The van der Waals surface area contributed by atoms with Crippen LogP contribution in [-0.2, 0) is 16.6 Å². The molecule has 0 aromatic heterocycles. The Labute approximate surface area is 179 Å². The van der Waals surface area contributed by atoms with Gasteiger partial charge in [-0.3, -0.25) is 9.52 Å². The highest BCUT2D eigenvalue weighted by Gasteiger charge is 2.18. The molecule has 0 radical (unpaired) electrons. The van der Waals surface area contributed by atoms with Gasteiger partial charge in [-0.2, -0.15) is 0 Å². The number of hydrogen-bond acceptors (Lipinski definition) is 4. The molecule has 3 aromatic carbocycles. The Morgan fingerprint density at radius 3 is 2.30 bits per heavy atom. The molecule has 3 aromatic rings. The second-order valence-corrected chi connectivity index (χ2v) is 9.18. The van der Waals surface area contributed by atoms with Crippen molar-refractivity contribution in [3.05, 3.63) is 89.2 Å². The van der Waals surface area contributed by atoms with E-state index in [2.05, 4.69) is 10.0 Å². The molecule has 5 nitrogen and oxygen atoms in total. The number of aryl methyl sites for hydroxylation is 1. The van der Waals surface area contributed by atoms with Crippen LogP contribution in [0.15, 0.2) is 76.5 Å². The molecule has 0 saturated carbocycles. The molecule has 0 saturated heterocycles. The van der Waals surface area contributed by atoms with Crippen molar-refractivity contribution < 1.29 is 17.6 Å². The van der Waals surface area contributed by atoms with Crippen LogP contribution in [0.3, 0.4) is 0 Å². The van der Waals surface area contributed by atoms with Crippen molar-refractivity contribution in [2.24, 2.45) is 0 Å². The standard InChI is InChI=1S/C22H21FN2O3S2/c1-15-3-12-20(30(27,28)25-18-8-6-17(23)7-9-18)13-21(15)22(26)24-14-16-4-10-19(29-2)11-5-16/h3-13,25H,14H2,1-2H3,(H,24,26). The summed E-state index contributed by atoms with van der Waals surface area (Å²) in [5, 5.41) is 2.83. The van der Waals surface area contributed by atoms with E-state index in [4.69, 9.17) is 0 Å². The fraction of sp³-hybridized carbons (Fsp3) is 0.136. The molecule has 8 heteroatoms. The third kappa shape index (κ3) is 5.40. The zero-order valence-corrected chi connectivity index (χ0v) is 18.1. The number of anilines is 1. The first-order valence-electron chi connectivity index (χ1n) is 9.08. The highest BCUT2D eigenvalue weighted by Crippen LogP contribution is 2.20. The van der Waals surface area contributed by atoms with E-state index < -0.39 is 15.8 Å². The average Bonchev–Trinajstić information content (AvgIpc) is 2.74. The van der Waals surface area contributed by atoms with E-state index >= 15 is 0 Å². The number of nitrogens with one attached hydrogen (secondary N) is 2. The van der Waals surface area contributed by atoms with Gasteiger partial charge in [0.2, 0.25) is 0 Å². The molecule has 0 unspecified atom stereocenters. The van der Waals surface area contributed by atoms with Gasteiger partial charge in [0.15, 0.2) is 0 Å². The molecule has 30 heavy (non-hydrogen) atoms. The van der Waals surface area contributed by atoms with Crippen molar-refractivity contribution in [1.82, 2.24) is 5.32 Å². The number of rotatable bonds is 7. The minimum Gasteiger partial charge on any atom is -0.348 e. The second kappa shape index (κ2) is 9.32. The topological polar surface area (TPSA) is 75.3 Å². The van der Waals surface area contributed by atoms with Gasteiger partial charge in [-0.25, -0.2) is 12.8 Å². The number of halogens is 1. The summed E-state index contributed by atoms with van der Waals surface area (Å²) in [6.07, 6.45) is 1.99. The number of carbonyl (C=O) groups excluding carboxylic acids is 1. The summed E-state index contributed by atoms with van der Waals surface area (Å²) >= 11 is 1.64. The van der Waals surface area contributed by atoms with Crippen molar-refractivity contribution in [2.45, 2.75) is 23.3 Å². The summed E-state index contributed by atoms with van der Waals surface area (Å²) < 4.78 is 40.8. The highest BCUT2D eigenvalue weighted by atomic mass is 32.2. The summed E-state index contributed by atoms with van der Waals surface area (Å²) in [6.45, 7) is 2.07. The van der Waals surface area contributed by atoms with E-state index in [1.54, 1.807) is 24.8 Å². The van der Waals surface area contributed by atoms with E-state index in [1.807, 2.05) is 30.5 Å². The van der Waals surface area contributed by atoms with Crippen molar-refractivity contribution in [2.75, 3.05) is 11.0 Å². The van der Waals surface area contributed by atoms with Crippen LogP contribution in [-0.4, -0.2) is 20.6 Å². The van der Waals surface area contributed by atoms with Crippen LogP contribution >= 0.6 is 11.8 Å². The number of thioether (sulfide) groups is 1. The Balaban J connectivity index is 1.76. The number of benzene rings is 3. The number of carbonyl (C=O) groups is 1. The lowest BCUT2D eigenvalue weighted by molar-refractivity contribution is 0.0950. The predicted octanol–water partition coefficient (Wildman–Crippen LogP) is 4.59. The number of amides is 1. The molecule has 0 heterocycles. The first-order valence-corrected chi connectivity index (χ1v) is 11.8. The average molecular weight is 445 g/mol. The molecule has 0 bridgehead atoms. The quantitative estimate of drug-likeness (QED) is 0.523. The van der Waals surface area contributed by atoms with Crippen molar-refractivity contribution in [3.8, 4) is 0 Å². The first-order chi connectivity index (χ1) is 14.3. The van der Waals surface area contributed by atoms with E-state index in [0.29, 0.717) is 12.1 Å². The second-order valence-electron chi connectivity index (χ2n) is 6.62. The van der Waals surface area contributed by atoms with Gasteiger partial charge in [0.05, 0.1) is 4.90 Å². The highest BCUT2D eigenvalue weighted by molar-refractivity contribution is 7.98. The molecule has 0 atom stereocenters. The summed E-state index contributed by atoms with van der Waals surface area (Å²) in [5.74, 6) is -0.824. The Bertz CT molecular complexity index is 1150. The van der Waals surface area contributed by atoms with Crippen LogP contribution in [0.1, 0.15) is 21.5 Å². The Hall–Kier alpha value is -2.84. The van der Waals surface area contributed by atoms with E-state index in [9.17, 15) is 17.6 Å². The third-order valence-corrected chi connectivity index (χ3v) is 6.60. The lowest BCUT2D eigenvalue weighted by atomic mass is 10.1. The molecule has 0 aliphatic rings. The Kier molecular flexibility index (Phi) is 6.79. The maximum atomic E-state index is 13.0. The van der Waals surface area contributed by atoms with Gasteiger partial charge in [0.1, 0.15) is 5.82 Å². The fourth-order valence-electron chi connectivity index (χ4n) is 2.77. The molecule has 0 aliphatic heterocycles. The summed E-state index contributed by atoms with van der Waals surface area (Å²) in [6, 6.07) is 17.2. The van der Waals surface area contributed by atoms with E-state index in [1.165, 1.54) is 24.3 Å². The maximum absolute atomic E-state index is 13.0. The molecule has 3 rings (SSSR count). The summed E-state index contributed by atoms with van der Waals surface area (Å²) in [7, 11) is -3.93. The normalized spacial score (nSPS) is 11.2. The Morgan fingerprint density at radius 1 is 1.00 bits per heavy atom. The van der Waals surface area contributed by atoms with E-state index in [0.717, 1.165) is 22.6 Å². The van der Waals surface area contributed by atoms with Gasteiger partial charge in [0.25, 0.3) is 15.9 Å². The third-order valence-electron chi connectivity index (χ3n) is 4.47. The summed E-state index contributed by atoms with van der Waals surface area (Å²) in [5.41, 5.74) is 2.11. The van der Waals surface area contributed by atoms with Gasteiger partial charge in [-0.1, -0.05) is 18.2 Å².